The van der Waals surface area contributed by atoms with Gasteiger partial charge < -0.3 is 9.51 Å². The SMILES string of the molecule is C[C@@H]([C@H](O)c1cn2ccccc2n1)S(N)(=O)=O. The Morgan fingerprint density at radius 2 is 2.18 bits per heavy atom. The molecule has 0 aromatic carbocycles. The van der Waals surface area contributed by atoms with E-state index in [0.717, 1.165) is 0 Å². The molecule has 0 spiro atoms. The Kier molecular flexibility index (Phi) is 2.90. The molecule has 6 nitrogen and oxygen atoms in total. The first-order valence-corrected chi connectivity index (χ1v) is 6.64. The number of aromatic nitrogens is 2. The third-order valence-corrected chi connectivity index (χ3v) is 3.94. The lowest BCUT2D eigenvalue weighted by molar-refractivity contribution is 0.172. The fourth-order valence-corrected chi connectivity index (χ4v) is 2.02. The summed E-state index contributed by atoms with van der Waals surface area (Å²) in [5.41, 5.74) is 0.931. The highest BCUT2D eigenvalue weighted by molar-refractivity contribution is 7.89. The van der Waals surface area contributed by atoms with E-state index >= 15 is 0 Å². The molecule has 2 atom stereocenters. The summed E-state index contributed by atoms with van der Waals surface area (Å²) in [5, 5.41) is 13.8. The van der Waals surface area contributed by atoms with E-state index in [1.807, 2.05) is 12.1 Å². The molecule has 0 aliphatic carbocycles. The molecule has 0 amide bonds. The van der Waals surface area contributed by atoms with Gasteiger partial charge in [-0.3, -0.25) is 0 Å². The smallest absolute Gasteiger partial charge is 0.214 e. The zero-order valence-corrected chi connectivity index (χ0v) is 10.0. The van der Waals surface area contributed by atoms with Gasteiger partial charge in [-0.25, -0.2) is 18.5 Å². The van der Waals surface area contributed by atoms with Crippen LogP contribution < -0.4 is 5.14 Å². The van der Waals surface area contributed by atoms with Crippen molar-refractivity contribution >= 4 is 15.7 Å². The summed E-state index contributed by atoms with van der Waals surface area (Å²) in [5.74, 6) is 0. The number of nitrogens with two attached hydrogens (primary N) is 1. The minimum Gasteiger partial charge on any atom is -0.385 e. The predicted molar refractivity (Wildman–Crippen MR) is 62.7 cm³/mol. The van der Waals surface area contributed by atoms with Crippen LogP contribution in [0.25, 0.3) is 5.65 Å². The zero-order chi connectivity index (χ0) is 12.6. The number of fused-ring (bicyclic) bond motifs is 1. The van der Waals surface area contributed by atoms with E-state index in [0.29, 0.717) is 5.65 Å². The second kappa shape index (κ2) is 4.10. The van der Waals surface area contributed by atoms with Gasteiger partial charge in [0, 0.05) is 12.4 Å². The van der Waals surface area contributed by atoms with Crippen molar-refractivity contribution in [1.82, 2.24) is 9.38 Å². The van der Waals surface area contributed by atoms with Gasteiger partial charge in [0.15, 0.2) is 0 Å². The van der Waals surface area contributed by atoms with Gasteiger partial charge in [-0.2, -0.15) is 0 Å². The van der Waals surface area contributed by atoms with Crippen molar-refractivity contribution < 1.29 is 13.5 Å². The normalized spacial score (nSPS) is 15.9. The largest absolute Gasteiger partial charge is 0.385 e. The highest BCUT2D eigenvalue weighted by atomic mass is 32.2. The summed E-state index contributed by atoms with van der Waals surface area (Å²) in [7, 11) is -3.79. The summed E-state index contributed by atoms with van der Waals surface area (Å²) < 4.78 is 24.0. The lowest BCUT2D eigenvalue weighted by Gasteiger charge is -2.14. The average molecular weight is 255 g/mol. The highest BCUT2D eigenvalue weighted by Gasteiger charge is 2.27. The molecule has 3 N–H and O–H groups in total. The standard InChI is InChI=1S/C10H13N3O3S/c1-7(17(11,15)16)10(14)8-6-13-5-3-2-4-9(13)12-8/h2-7,10,14H,1H3,(H2,11,15,16)/t7-,10-/m0/s1. The zero-order valence-electron chi connectivity index (χ0n) is 9.19. The minimum atomic E-state index is -3.79. The molecule has 7 heteroatoms. The van der Waals surface area contributed by atoms with E-state index in [1.165, 1.54) is 6.92 Å². The molecule has 0 bridgehead atoms. The quantitative estimate of drug-likeness (QED) is 0.809. The number of aliphatic hydroxyl groups is 1. The van der Waals surface area contributed by atoms with Gasteiger partial charge in [0.2, 0.25) is 10.0 Å². The average Bonchev–Trinajstić information content (AvgIpc) is 2.69. The van der Waals surface area contributed by atoms with Crippen molar-refractivity contribution in [3.63, 3.8) is 0 Å². The Morgan fingerprint density at radius 1 is 1.47 bits per heavy atom. The van der Waals surface area contributed by atoms with Gasteiger partial charge in [-0.1, -0.05) is 6.07 Å². The Bertz CT molecular complexity index is 602. The summed E-state index contributed by atoms with van der Waals surface area (Å²) in [4.78, 5) is 4.14. The van der Waals surface area contributed by atoms with Crippen molar-refractivity contribution in [2.75, 3.05) is 0 Å². The molecule has 2 rings (SSSR count). The molecule has 2 aromatic rings. The van der Waals surface area contributed by atoms with Crippen LogP contribution in [-0.4, -0.2) is 28.2 Å². The number of sulfonamides is 1. The number of imidazole rings is 1. The molecule has 0 saturated heterocycles. The van der Waals surface area contributed by atoms with Gasteiger partial charge in [0.1, 0.15) is 17.0 Å². The lowest BCUT2D eigenvalue weighted by atomic mass is 10.2. The fraction of sp³-hybridized carbons (Fsp3) is 0.300. The fourth-order valence-electron chi connectivity index (χ4n) is 1.52. The second-order valence-electron chi connectivity index (χ2n) is 3.87. The van der Waals surface area contributed by atoms with Crippen LogP contribution in [0, 0.1) is 0 Å². The Hall–Kier alpha value is -1.44. The summed E-state index contributed by atoms with van der Waals surface area (Å²) >= 11 is 0. The Balaban J connectivity index is 2.40. The van der Waals surface area contributed by atoms with E-state index in [1.54, 1.807) is 22.9 Å². The molecule has 2 heterocycles. The number of rotatable bonds is 3. The maximum atomic E-state index is 11.1. The van der Waals surface area contributed by atoms with E-state index in [-0.39, 0.29) is 5.69 Å². The first-order chi connectivity index (χ1) is 7.89. The Morgan fingerprint density at radius 3 is 2.76 bits per heavy atom. The van der Waals surface area contributed by atoms with E-state index in [2.05, 4.69) is 4.98 Å². The maximum absolute atomic E-state index is 11.1. The van der Waals surface area contributed by atoms with Crippen LogP contribution in [0.5, 0.6) is 0 Å². The van der Waals surface area contributed by atoms with Crippen LogP contribution in [0.2, 0.25) is 0 Å². The third-order valence-electron chi connectivity index (χ3n) is 2.65. The number of pyridine rings is 1. The second-order valence-corrected chi connectivity index (χ2v) is 5.79. The first-order valence-electron chi connectivity index (χ1n) is 5.03. The molecule has 92 valence electrons. The van der Waals surface area contributed by atoms with Crippen molar-refractivity contribution in [2.45, 2.75) is 18.3 Å². The van der Waals surface area contributed by atoms with Gasteiger partial charge in [-0.15, -0.1) is 0 Å². The first kappa shape index (κ1) is 12.0. The van der Waals surface area contributed by atoms with Crippen molar-refractivity contribution in [3.05, 3.63) is 36.3 Å². The monoisotopic (exact) mass is 255 g/mol. The topological polar surface area (TPSA) is 97.7 Å². The number of nitrogens with zero attached hydrogens (tertiary/aromatic N) is 2. The molecule has 17 heavy (non-hydrogen) atoms. The van der Waals surface area contributed by atoms with Crippen LogP contribution in [0.4, 0.5) is 0 Å². The molecule has 0 aliphatic heterocycles. The molecule has 0 saturated carbocycles. The number of hydrogen-bond acceptors (Lipinski definition) is 4. The van der Waals surface area contributed by atoms with Crippen molar-refractivity contribution in [2.24, 2.45) is 5.14 Å². The number of primary sulfonamides is 1. The molecule has 2 aromatic heterocycles. The van der Waals surface area contributed by atoms with Crippen molar-refractivity contribution in [3.8, 4) is 0 Å². The maximum Gasteiger partial charge on any atom is 0.214 e. The van der Waals surface area contributed by atoms with Crippen LogP contribution in [0.3, 0.4) is 0 Å². The summed E-state index contributed by atoms with van der Waals surface area (Å²) in [6.45, 7) is 1.35. The van der Waals surface area contributed by atoms with Crippen LogP contribution in [-0.2, 0) is 10.0 Å². The number of aliphatic hydroxyl groups excluding tert-OH is 1. The molecule has 0 unspecified atom stereocenters. The molecular weight excluding hydrogens is 242 g/mol. The van der Waals surface area contributed by atoms with Crippen molar-refractivity contribution in [1.29, 1.82) is 0 Å². The number of hydrogen-bond donors (Lipinski definition) is 2. The third kappa shape index (κ3) is 2.31. The van der Waals surface area contributed by atoms with Gasteiger partial charge in [-0.05, 0) is 19.1 Å². The molecular formula is C10H13N3O3S. The summed E-state index contributed by atoms with van der Waals surface area (Å²) in [6, 6.07) is 5.38. The van der Waals surface area contributed by atoms with Gasteiger partial charge in [0.05, 0.1) is 5.69 Å². The molecule has 0 fully saturated rings. The van der Waals surface area contributed by atoms with E-state index < -0.39 is 21.4 Å². The van der Waals surface area contributed by atoms with Gasteiger partial charge in [0.25, 0.3) is 0 Å². The van der Waals surface area contributed by atoms with E-state index in [9.17, 15) is 13.5 Å². The highest BCUT2D eigenvalue weighted by Crippen LogP contribution is 2.20. The Labute approximate surface area is 98.8 Å². The summed E-state index contributed by atoms with van der Waals surface area (Å²) in [6.07, 6.45) is 2.12. The van der Waals surface area contributed by atoms with E-state index in [4.69, 9.17) is 5.14 Å². The van der Waals surface area contributed by atoms with Crippen LogP contribution in [0.1, 0.15) is 18.7 Å². The lowest BCUT2D eigenvalue weighted by Crippen LogP contribution is -2.31. The van der Waals surface area contributed by atoms with Crippen LogP contribution in [0.15, 0.2) is 30.6 Å². The minimum absolute atomic E-state index is 0.290. The molecule has 0 radical (unpaired) electrons. The van der Waals surface area contributed by atoms with Gasteiger partial charge >= 0.3 is 0 Å². The molecule has 0 aliphatic rings. The van der Waals surface area contributed by atoms with Crippen LogP contribution >= 0.6 is 0 Å². The predicted octanol–water partition coefficient (Wildman–Crippen LogP) is 0.0447.